The molecule has 0 saturated heterocycles. The number of carbonyl (C=O) groups excluding carboxylic acids is 1. The number of anilines is 1. The van der Waals surface area contributed by atoms with Crippen molar-refractivity contribution in [2.75, 3.05) is 12.4 Å². The molecule has 0 aliphatic rings. The lowest BCUT2D eigenvalue weighted by atomic mass is 10.3. The van der Waals surface area contributed by atoms with Gasteiger partial charge in [-0.2, -0.15) is 5.26 Å². The maximum absolute atomic E-state index is 12.2. The fourth-order valence-corrected chi connectivity index (χ4v) is 2.14. The summed E-state index contributed by atoms with van der Waals surface area (Å²) in [5.41, 5.74) is -1.14. The molecular formula is C16H16N4O4. The van der Waals surface area contributed by atoms with Gasteiger partial charge in [-0.1, -0.05) is 6.07 Å². The maximum atomic E-state index is 12.2. The van der Waals surface area contributed by atoms with Crippen molar-refractivity contribution in [1.82, 2.24) is 9.13 Å². The highest BCUT2D eigenvalue weighted by molar-refractivity contribution is 5.90. The molecule has 1 aromatic carbocycles. The molecule has 0 aliphatic carbocycles. The second-order valence-corrected chi connectivity index (χ2v) is 4.89. The Balaban J connectivity index is 2.30. The molecule has 1 aromatic heterocycles. The molecule has 0 unspecified atom stereocenters. The number of hydrogen-bond acceptors (Lipinski definition) is 5. The van der Waals surface area contributed by atoms with Gasteiger partial charge in [-0.05, 0) is 19.1 Å². The zero-order valence-electron chi connectivity index (χ0n) is 13.3. The predicted octanol–water partition coefficient (Wildman–Crippen LogP) is 0.549. The molecule has 1 amide bonds. The lowest BCUT2D eigenvalue weighted by Gasteiger charge is -2.10. The minimum absolute atomic E-state index is 0.189. The number of benzene rings is 1. The van der Waals surface area contributed by atoms with Crippen LogP contribution >= 0.6 is 0 Å². The molecule has 1 N–H and O–H groups in total. The SMILES string of the molecule is CCn1cc(C#N)c(=O)n(CC(=O)Nc2cccc(OC)c2)c1=O. The van der Waals surface area contributed by atoms with E-state index in [1.54, 1.807) is 37.3 Å². The van der Waals surface area contributed by atoms with Gasteiger partial charge in [-0.3, -0.25) is 14.2 Å². The minimum atomic E-state index is -0.784. The van der Waals surface area contributed by atoms with Crippen molar-refractivity contribution in [3.63, 3.8) is 0 Å². The van der Waals surface area contributed by atoms with E-state index in [-0.39, 0.29) is 12.1 Å². The Bertz CT molecular complexity index is 921. The molecule has 2 rings (SSSR count). The first-order chi connectivity index (χ1) is 11.5. The summed E-state index contributed by atoms with van der Waals surface area (Å²) >= 11 is 0. The second kappa shape index (κ2) is 7.28. The summed E-state index contributed by atoms with van der Waals surface area (Å²) < 4.78 is 7.01. The van der Waals surface area contributed by atoms with Gasteiger partial charge >= 0.3 is 5.69 Å². The fourth-order valence-electron chi connectivity index (χ4n) is 2.14. The van der Waals surface area contributed by atoms with Crippen LogP contribution in [0.15, 0.2) is 40.1 Å². The lowest BCUT2D eigenvalue weighted by Crippen LogP contribution is -2.43. The van der Waals surface area contributed by atoms with Crippen LogP contribution in [0.1, 0.15) is 12.5 Å². The van der Waals surface area contributed by atoms with E-state index in [1.807, 2.05) is 0 Å². The van der Waals surface area contributed by atoms with E-state index in [0.717, 1.165) is 4.57 Å². The number of amides is 1. The van der Waals surface area contributed by atoms with Gasteiger partial charge in [0.15, 0.2) is 0 Å². The molecule has 2 aromatic rings. The van der Waals surface area contributed by atoms with Crippen LogP contribution in [0.25, 0.3) is 0 Å². The molecule has 8 nitrogen and oxygen atoms in total. The summed E-state index contributed by atoms with van der Waals surface area (Å²) in [6.07, 6.45) is 1.20. The number of nitrogens with one attached hydrogen (secondary N) is 1. The maximum Gasteiger partial charge on any atom is 0.331 e. The summed E-state index contributed by atoms with van der Waals surface area (Å²) in [7, 11) is 1.50. The molecule has 0 fully saturated rings. The standard InChI is InChI=1S/C16H16N4O4/c1-3-19-9-11(8-17)15(22)20(16(19)23)10-14(21)18-12-5-4-6-13(7-12)24-2/h4-7,9H,3,10H2,1-2H3,(H,18,21). The van der Waals surface area contributed by atoms with Crippen LogP contribution in [-0.4, -0.2) is 22.2 Å². The van der Waals surface area contributed by atoms with Crippen LogP contribution in [0.4, 0.5) is 5.69 Å². The van der Waals surface area contributed by atoms with Crippen molar-refractivity contribution in [2.45, 2.75) is 20.0 Å². The Morgan fingerprint density at radius 2 is 2.12 bits per heavy atom. The first-order valence-corrected chi connectivity index (χ1v) is 7.18. The van der Waals surface area contributed by atoms with Crippen molar-refractivity contribution in [3.05, 3.63) is 56.9 Å². The highest BCUT2D eigenvalue weighted by atomic mass is 16.5. The lowest BCUT2D eigenvalue weighted by molar-refractivity contribution is -0.116. The Morgan fingerprint density at radius 1 is 1.38 bits per heavy atom. The highest BCUT2D eigenvalue weighted by Crippen LogP contribution is 2.16. The zero-order chi connectivity index (χ0) is 17.7. The molecule has 8 heteroatoms. The van der Waals surface area contributed by atoms with Gasteiger partial charge in [0, 0.05) is 24.5 Å². The Morgan fingerprint density at radius 3 is 2.75 bits per heavy atom. The largest absolute Gasteiger partial charge is 0.497 e. The molecule has 24 heavy (non-hydrogen) atoms. The number of nitrogens with zero attached hydrogens (tertiary/aromatic N) is 3. The number of nitriles is 1. The third kappa shape index (κ3) is 3.52. The number of carbonyl (C=O) groups is 1. The summed E-state index contributed by atoms with van der Waals surface area (Å²) in [6.45, 7) is 1.50. The summed E-state index contributed by atoms with van der Waals surface area (Å²) in [6, 6.07) is 8.41. The van der Waals surface area contributed by atoms with Crippen molar-refractivity contribution < 1.29 is 9.53 Å². The predicted molar refractivity (Wildman–Crippen MR) is 87.0 cm³/mol. The fraction of sp³-hybridized carbons (Fsp3) is 0.250. The van der Waals surface area contributed by atoms with Crippen LogP contribution in [0, 0.1) is 11.3 Å². The van der Waals surface area contributed by atoms with Crippen LogP contribution in [0.3, 0.4) is 0 Å². The number of rotatable bonds is 5. The summed E-state index contributed by atoms with van der Waals surface area (Å²) in [4.78, 5) is 36.4. The first kappa shape index (κ1) is 17.0. The Labute approximate surface area is 137 Å². The van der Waals surface area contributed by atoms with Gasteiger partial charge in [-0.25, -0.2) is 9.36 Å². The molecule has 124 valence electrons. The van der Waals surface area contributed by atoms with E-state index in [2.05, 4.69) is 5.32 Å². The van der Waals surface area contributed by atoms with Crippen LogP contribution in [-0.2, 0) is 17.9 Å². The molecular weight excluding hydrogens is 312 g/mol. The highest BCUT2D eigenvalue weighted by Gasteiger charge is 2.14. The zero-order valence-corrected chi connectivity index (χ0v) is 13.3. The van der Waals surface area contributed by atoms with Crippen molar-refractivity contribution in [2.24, 2.45) is 0 Å². The molecule has 1 heterocycles. The molecule has 0 atom stereocenters. The first-order valence-electron chi connectivity index (χ1n) is 7.18. The normalized spacial score (nSPS) is 10.0. The van der Waals surface area contributed by atoms with Gasteiger partial charge < -0.3 is 10.1 Å². The van der Waals surface area contributed by atoms with Crippen LogP contribution < -0.4 is 21.3 Å². The third-order valence-corrected chi connectivity index (χ3v) is 3.35. The van der Waals surface area contributed by atoms with E-state index in [1.165, 1.54) is 17.9 Å². The van der Waals surface area contributed by atoms with Crippen LogP contribution in [0.2, 0.25) is 0 Å². The number of hydrogen-bond donors (Lipinski definition) is 1. The molecule has 0 radical (unpaired) electrons. The van der Waals surface area contributed by atoms with E-state index >= 15 is 0 Å². The second-order valence-electron chi connectivity index (χ2n) is 4.89. The monoisotopic (exact) mass is 328 g/mol. The van der Waals surface area contributed by atoms with Crippen molar-refractivity contribution in [3.8, 4) is 11.8 Å². The van der Waals surface area contributed by atoms with Gasteiger partial charge in [-0.15, -0.1) is 0 Å². The quantitative estimate of drug-likeness (QED) is 0.862. The molecule has 0 aliphatic heterocycles. The Hall–Kier alpha value is -3.34. The van der Waals surface area contributed by atoms with E-state index < -0.39 is 23.7 Å². The topological polar surface area (TPSA) is 106 Å². The molecule has 0 saturated carbocycles. The van der Waals surface area contributed by atoms with E-state index in [9.17, 15) is 14.4 Å². The summed E-state index contributed by atoms with van der Waals surface area (Å²) in [5.74, 6) is 0.00461. The van der Waals surface area contributed by atoms with Gasteiger partial charge in [0.1, 0.15) is 23.9 Å². The Kier molecular flexibility index (Phi) is 5.16. The number of ether oxygens (including phenoxy) is 1. The number of methoxy groups -OCH3 is 1. The average molecular weight is 328 g/mol. The smallest absolute Gasteiger partial charge is 0.331 e. The average Bonchev–Trinajstić information content (AvgIpc) is 2.59. The third-order valence-electron chi connectivity index (χ3n) is 3.35. The molecule has 0 bridgehead atoms. The molecule has 0 spiro atoms. The number of aromatic nitrogens is 2. The van der Waals surface area contributed by atoms with Gasteiger partial charge in [0.25, 0.3) is 5.56 Å². The minimum Gasteiger partial charge on any atom is -0.497 e. The van der Waals surface area contributed by atoms with Gasteiger partial charge in [0.05, 0.1) is 7.11 Å². The summed E-state index contributed by atoms with van der Waals surface area (Å²) in [5, 5.41) is 11.6. The van der Waals surface area contributed by atoms with Crippen molar-refractivity contribution in [1.29, 1.82) is 5.26 Å². The van der Waals surface area contributed by atoms with E-state index in [0.29, 0.717) is 11.4 Å². The van der Waals surface area contributed by atoms with Crippen LogP contribution in [0.5, 0.6) is 5.75 Å². The van der Waals surface area contributed by atoms with Gasteiger partial charge in [0.2, 0.25) is 5.91 Å². The number of aryl methyl sites for hydroxylation is 1. The van der Waals surface area contributed by atoms with Crippen molar-refractivity contribution >= 4 is 11.6 Å². The van der Waals surface area contributed by atoms with E-state index in [4.69, 9.17) is 10.00 Å².